The molecule has 1 heterocycles. The van der Waals surface area contributed by atoms with Gasteiger partial charge in [-0.3, -0.25) is 4.98 Å². The molecule has 2 aromatic carbocycles. The second-order valence-electron chi connectivity index (χ2n) is 4.94. The number of rotatable bonds is 4. The summed E-state index contributed by atoms with van der Waals surface area (Å²) in [4.78, 5) is 8.65. The van der Waals surface area contributed by atoms with Crippen molar-refractivity contribution in [2.45, 2.75) is 6.54 Å². The molecule has 3 rings (SSSR count). The summed E-state index contributed by atoms with van der Waals surface area (Å²) < 4.78 is 33.0. The van der Waals surface area contributed by atoms with Crippen LogP contribution in [0.5, 0.6) is 5.75 Å². The Kier molecular flexibility index (Phi) is 4.20. The first kappa shape index (κ1) is 15.6. The van der Waals surface area contributed by atoms with Crippen LogP contribution in [0.15, 0.2) is 36.5 Å². The predicted molar refractivity (Wildman–Crippen MR) is 84.5 cm³/mol. The molecule has 1 N–H and O–H groups in total. The summed E-state index contributed by atoms with van der Waals surface area (Å²) in [6, 6.07) is 9.86. The highest BCUT2D eigenvalue weighted by atomic mass is 19.1. The number of para-hydroxylation sites is 2. The Labute approximate surface area is 136 Å². The summed E-state index contributed by atoms with van der Waals surface area (Å²) in [5, 5.41) is 11.6. The third-order valence-electron chi connectivity index (χ3n) is 3.45. The number of benzene rings is 2. The summed E-state index contributed by atoms with van der Waals surface area (Å²) in [6.07, 6.45) is 1.56. The van der Waals surface area contributed by atoms with Gasteiger partial charge in [-0.1, -0.05) is 12.1 Å². The quantitative estimate of drug-likeness (QED) is 0.795. The van der Waals surface area contributed by atoms with Gasteiger partial charge < -0.3 is 10.1 Å². The summed E-state index contributed by atoms with van der Waals surface area (Å²) in [5.41, 5.74) is 1.44. The molecule has 3 aromatic rings. The standard InChI is InChI=1S/C17H12F2N4O/c1-24-17-11(7-20)12(18)6-15(16(17)19)22-9-10-8-21-13-4-2-3-5-14(13)23-10/h2-6,8,22H,9H2,1H3. The van der Waals surface area contributed by atoms with Gasteiger partial charge in [-0.05, 0) is 12.1 Å². The molecule has 5 nitrogen and oxygen atoms in total. The van der Waals surface area contributed by atoms with E-state index < -0.39 is 22.9 Å². The van der Waals surface area contributed by atoms with Crippen LogP contribution < -0.4 is 10.1 Å². The van der Waals surface area contributed by atoms with E-state index in [1.165, 1.54) is 7.11 Å². The number of halogens is 2. The van der Waals surface area contributed by atoms with Crippen molar-refractivity contribution in [1.82, 2.24) is 9.97 Å². The van der Waals surface area contributed by atoms with Gasteiger partial charge in [-0.15, -0.1) is 0 Å². The van der Waals surface area contributed by atoms with Gasteiger partial charge in [0.05, 0.1) is 42.3 Å². The minimum absolute atomic E-state index is 0.113. The van der Waals surface area contributed by atoms with Crippen molar-refractivity contribution in [1.29, 1.82) is 5.26 Å². The van der Waals surface area contributed by atoms with Crippen molar-refractivity contribution in [3.05, 3.63) is 59.4 Å². The average molecular weight is 326 g/mol. The molecule has 120 valence electrons. The van der Waals surface area contributed by atoms with Crippen LogP contribution in [-0.2, 0) is 6.54 Å². The fraction of sp³-hybridized carbons (Fsp3) is 0.118. The highest BCUT2D eigenvalue weighted by Crippen LogP contribution is 2.31. The van der Waals surface area contributed by atoms with Crippen molar-refractivity contribution in [2.75, 3.05) is 12.4 Å². The summed E-state index contributed by atoms with van der Waals surface area (Å²) in [6.45, 7) is 0.142. The van der Waals surface area contributed by atoms with Crippen LogP contribution in [0.25, 0.3) is 11.0 Å². The largest absolute Gasteiger partial charge is 0.492 e. The van der Waals surface area contributed by atoms with Gasteiger partial charge in [0, 0.05) is 6.07 Å². The topological polar surface area (TPSA) is 70.8 Å². The average Bonchev–Trinajstić information content (AvgIpc) is 2.61. The Morgan fingerprint density at radius 2 is 2.00 bits per heavy atom. The molecule has 0 aliphatic rings. The van der Waals surface area contributed by atoms with E-state index >= 15 is 0 Å². The molecular weight excluding hydrogens is 314 g/mol. The molecule has 0 aliphatic carbocycles. The lowest BCUT2D eigenvalue weighted by Gasteiger charge is -2.12. The molecule has 0 saturated heterocycles. The van der Waals surface area contributed by atoms with Gasteiger partial charge in [-0.2, -0.15) is 5.26 Å². The lowest BCUT2D eigenvalue weighted by atomic mass is 10.1. The van der Waals surface area contributed by atoms with E-state index in [2.05, 4.69) is 15.3 Å². The molecule has 0 atom stereocenters. The van der Waals surface area contributed by atoms with Crippen LogP contribution in [0.1, 0.15) is 11.3 Å². The van der Waals surface area contributed by atoms with Gasteiger partial charge in [-0.25, -0.2) is 13.8 Å². The Balaban J connectivity index is 1.88. The molecule has 0 bridgehead atoms. The zero-order chi connectivity index (χ0) is 17.1. The van der Waals surface area contributed by atoms with E-state index in [1.54, 1.807) is 12.3 Å². The lowest BCUT2D eigenvalue weighted by molar-refractivity contribution is 0.382. The number of nitrogens with one attached hydrogen (secondary N) is 1. The third-order valence-corrected chi connectivity index (χ3v) is 3.45. The first-order chi connectivity index (χ1) is 11.6. The van der Waals surface area contributed by atoms with E-state index in [1.807, 2.05) is 24.3 Å². The van der Waals surface area contributed by atoms with E-state index in [0.717, 1.165) is 11.6 Å². The summed E-state index contributed by atoms with van der Waals surface area (Å²) >= 11 is 0. The van der Waals surface area contributed by atoms with Crippen molar-refractivity contribution < 1.29 is 13.5 Å². The molecule has 0 fully saturated rings. The lowest BCUT2D eigenvalue weighted by Crippen LogP contribution is -2.07. The van der Waals surface area contributed by atoms with E-state index in [9.17, 15) is 8.78 Å². The molecule has 7 heteroatoms. The molecule has 0 aliphatic heterocycles. The van der Waals surface area contributed by atoms with Crippen LogP contribution in [0, 0.1) is 23.0 Å². The normalized spacial score (nSPS) is 10.4. The second kappa shape index (κ2) is 6.46. The Hall–Kier alpha value is -3.27. The van der Waals surface area contributed by atoms with E-state index in [4.69, 9.17) is 10.00 Å². The maximum atomic E-state index is 14.3. The third kappa shape index (κ3) is 2.82. The number of anilines is 1. The number of fused-ring (bicyclic) bond motifs is 1. The Morgan fingerprint density at radius 3 is 2.71 bits per heavy atom. The van der Waals surface area contributed by atoms with Crippen LogP contribution in [0.4, 0.5) is 14.5 Å². The number of nitriles is 1. The molecule has 0 saturated carbocycles. The minimum atomic E-state index is -0.858. The molecule has 0 spiro atoms. The van der Waals surface area contributed by atoms with E-state index in [-0.39, 0.29) is 12.2 Å². The maximum absolute atomic E-state index is 14.3. The van der Waals surface area contributed by atoms with Crippen LogP contribution in [0.3, 0.4) is 0 Å². The van der Waals surface area contributed by atoms with Crippen molar-refractivity contribution >= 4 is 16.7 Å². The second-order valence-corrected chi connectivity index (χ2v) is 4.94. The van der Waals surface area contributed by atoms with Gasteiger partial charge in [0.1, 0.15) is 17.4 Å². The van der Waals surface area contributed by atoms with Gasteiger partial charge in [0.15, 0.2) is 11.6 Å². The van der Waals surface area contributed by atoms with Crippen molar-refractivity contribution in [3.63, 3.8) is 0 Å². The summed E-state index contributed by atoms with van der Waals surface area (Å²) in [5.74, 6) is -2.11. The highest BCUT2D eigenvalue weighted by molar-refractivity contribution is 5.73. The summed E-state index contributed by atoms with van der Waals surface area (Å²) in [7, 11) is 1.18. The smallest absolute Gasteiger partial charge is 0.189 e. The van der Waals surface area contributed by atoms with E-state index in [0.29, 0.717) is 11.2 Å². The number of aromatic nitrogens is 2. The molecule has 0 radical (unpaired) electrons. The molecule has 24 heavy (non-hydrogen) atoms. The zero-order valence-corrected chi connectivity index (χ0v) is 12.7. The monoisotopic (exact) mass is 326 g/mol. The van der Waals surface area contributed by atoms with Crippen LogP contribution in [0.2, 0.25) is 0 Å². The number of hydrogen-bond donors (Lipinski definition) is 1. The fourth-order valence-corrected chi connectivity index (χ4v) is 2.29. The molecule has 1 aromatic heterocycles. The fourth-order valence-electron chi connectivity index (χ4n) is 2.29. The number of ether oxygens (including phenoxy) is 1. The predicted octanol–water partition coefficient (Wildman–Crippen LogP) is 3.40. The Bertz CT molecular complexity index is 953. The SMILES string of the molecule is COc1c(F)c(NCc2cnc3ccccc3n2)cc(F)c1C#N. The van der Waals surface area contributed by atoms with Crippen molar-refractivity contribution in [2.24, 2.45) is 0 Å². The van der Waals surface area contributed by atoms with Gasteiger partial charge >= 0.3 is 0 Å². The first-order valence-electron chi connectivity index (χ1n) is 7.04. The Morgan fingerprint density at radius 1 is 1.25 bits per heavy atom. The molecule has 0 amide bonds. The highest BCUT2D eigenvalue weighted by Gasteiger charge is 2.19. The zero-order valence-electron chi connectivity index (χ0n) is 12.7. The van der Waals surface area contributed by atoms with Crippen LogP contribution in [-0.4, -0.2) is 17.1 Å². The maximum Gasteiger partial charge on any atom is 0.189 e. The van der Waals surface area contributed by atoms with Gasteiger partial charge in [0.2, 0.25) is 0 Å². The first-order valence-corrected chi connectivity index (χ1v) is 7.04. The number of hydrogen-bond acceptors (Lipinski definition) is 5. The molecule has 0 unspecified atom stereocenters. The van der Waals surface area contributed by atoms with Gasteiger partial charge in [0.25, 0.3) is 0 Å². The molecular formula is C17H12F2N4O. The number of nitrogens with zero attached hydrogens (tertiary/aromatic N) is 3. The minimum Gasteiger partial charge on any atom is -0.492 e. The number of methoxy groups -OCH3 is 1. The van der Waals surface area contributed by atoms with Crippen LogP contribution >= 0.6 is 0 Å². The van der Waals surface area contributed by atoms with Crippen molar-refractivity contribution in [3.8, 4) is 11.8 Å².